The lowest BCUT2D eigenvalue weighted by molar-refractivity contribution is 0.586. The van der Waals surface area contributed by atoms with Crippen molar-refractivity contribution in [1.29, 1.82) is 0 Å². The first-order valence-electron chi connectivity index (χ1n) is 2.87. The van der Waals surface area contributed by atoms with E-state index in [9.17, 15) is 4.39 Å². The molecule has 0 fully saturated rings. The summed E-state index contributed by atoms with van der Waals surface area (Å²) in [5.74, 6) is -0.220. The summed E-state index contributed by atoms with van der Waals surface area (Å²) in [6.07, 6.45) is 3.83. The molecule has 0 N–H and O–H groups in total. The van der Waals surface area contributed by atoms with Gasteiger partial charge in [-0.2, -0.15) is 0 Å². The minimum Gasteiger partial charge on any atom is -0.210 e. The van der Waals surface area contributed by atoms with Crippen LogP contribution >= 0.6 is 11.6 Å². The summed E-state index contributed by atoms with van der Waals surface area (Å²) < 4.78 is 12.4. The van der Waals surface area contributed by atoms with Crippen molar-refractivity contribution in [2.45, 2.75) is 18.7 Å². The van der Waals surface area contributed by atoms with Crippen LogP contribution in [0, 0.1) is 0 Å². The van der Waals surface area contributed by atoms with Gasteiger partial charge in [-0.1, -0.05) is 11.6 Å². The molecular formula is C7H8ClF. The number of alkyl halides is 1. The zero-order chi connectivity index (χ0) is 6.85. The van der Waals surface area contributed by atoms with Crippen molar-refractivity contribution in [1.82, 2.24) is 0 Å². The van der Waals surface area contributed by atoms with Gasteiger partial charge in [0.25, 0.3) is 0 Å². The zero-order valence-corrected chi connectivity index (χ0v) is 5.95. The van der Waals surface area contributed by atoms with E-state index in [0.29, 0.717) is 6.42 Å². The van der Waals surface area contributed by atoms with Crippen LogP contribution in [0.15, 0.2) is 23.6 Å². The van der Waals surface area contributed by atoms with Crippen LogP contribution in [-0.4, -0.2) is 5.38 Å². The van der Waals surface area contributed by atoms with Gasteiger partial charge in [0, 0.05) is 0 Å². The van der Waals surface area contributed by atoms with Gasteiger partial charge in [-0.25, -0.2) is 4.39 Å². The average molecular weight is 147 g/mol. The van der Waals surface area contributed by atoms with E-state index in [-0.39, 0.29) is 5.83 Å². The molecule has 0 aromatic rings. The van der Waals surface area contributed by atoms with E-state index < -0.39 is 5.38 Å². The second-order valence-corrected chi connectivity index (χ2v) is 2.76. The van der Waals surface area contributed by atoms with Crippen LogP contribution in [-0.2, 0) is 0 Å². The molecule has 1 atom stereocenters. The van der Waals surface area contributed by atoms with Gasteiger partial charge in [-0.3, -0.25) is 0 Å². The van der Waals surface area contributed by atoms with Crippen LogP contribution in [0.5, 0.6) is 0 Å². The Labute approximate surface area is 59.0 Å². The molecule has 0 radical (unpaired) electrons. The second-order valence-electron chi connectivity index (χ2n) is 2.24. The molecule has 1 aliphatic carbocycles. The van der Waals surface area contributed by atoms with E-state index in [0.717, 1.165) is 5.57 Å². The van der Waals surface area contributed by atoms with E-state index in [1.807, 2.05) is 6.92 Å². The number of allylic oxidation sites excluding steroid dienone is 4. The third-order valence-corrected chi connectivity index (χ3v) is 1.69. The molecular weight excluding hydrogens is 139 g/mol. The van der Waals surface area contributed by atoms with Crippen LogP contribution in [0.2, 0.25) is 0 Å². The predicted octanol–water partition coefficient (Wildman–Crippen LogP) is 2.80. The maximum absolute atomic E-state index is 12.4. The molecule has 2 heteroatoms. The summed E-state index contributed by atoms with van der Waals surface area (Å²) in [4.78, 5) is 0. The molecule has 0 aromatic carbocycles. The molecule has 0 aliphatic heterocycles. The number of halogens is 2. The highest BCUT2D eigenvalue weighted by Gasteiger charge is 2.13. The molecule has 0 saturated heterocycles. The second kappa shape index (κ2) is 2.53. The summed E-state index contributed by atoms with van der Waals surface area (Å²) in [6, 6.07) is 0. The van der Waals surface area contributed by atoms with E-state index >= 15 is 0 Å². The minimum atomic E-state index is -0.421. The highest BCUT2D eigenvalue weighted by Crippen LogP contribution is 2.23. The van der Waals surface area contributed by atoms with Crippen molar-refractivity contribution in [2.75, 3.05) is 0 Å². The van der Waals surface area contributed by atoms with Crippen molar-refractivity contribution in [3.05, 3.63) is 23.6 Å². The van der Waals surface area contributed by atoms with Crippen LogP contribution in [0.4, 0.5) is 4.39 Å². The molecule has 0 nitrogen and oxygen atoms in total. The Kier molecular flexibility index (Phi) is 1.91. The van der Waals surface area contributed by atoms with Crippen LogP contribution < -0.4 is 0 Å². The fourth-order valence-corrected chi connectivity index (χ4v) is 1.09. The zero-order valence-electron chi connectivity index (χ0n) is 5.20. The van der Waals surface area contributed by atoms with Crippen molar-refractivity contribution in [2.24, 2.45) is 0 Å². The van der Waals surface area contributed by atoms with Gasteiger partial charge in [-0.05, 0) is 19.4 Å². The fourth-order valence-electron chi connectivity index (χ4n) is 0.775. The largest absolute Gasteiger partial charge is 0.210 e. The molecule has 1 aliphatic rings. The van der Waals surface area contributed by atoms with E-state index in [2.05, 4.69) is 0 Å². The van der Waals surface area contributed by atoms with E-state index in [4.69, 9.17) is 11.6 Å². The summed E-state index contributed by atoms with van der Waals surface area (Å²) >= 11 is 5.58. The number of rotatable bonds is 0. The lowest BCUT2D eigenvalue weighted by atomic mass is 10.1. The molecule has 0 amide bonds. The third-order valence-electron chi connectivity index (χ3n) is 1.33. The Bertz CT molecular complexity index is 170. The highest BCUT2D eigenvalue weighted by atomic mass is 35.5. The van der Waals surface area contributed by atoms with Gasteiger partial charge >= 0.3 is 0 Å². The maximum atomic E-state index is 12.4. The van der Waals surface area contributed by atoms with E-state index in [1.165, 1.54) is 6.08 Å². The monoisotopic (exact) mass is 146 g/mol. The SMILES string of the molecule is CC1=CC=C(F)C(Cl)C1. The normalized spacial score (nSPS) is 27.2. The number of hydrogen-bond donors (Lipinski definition) is 0. The van der Waals surface area contributed by atoms with Crippen molar-refractivity contribution in [3.8, 4) is 0 Å². The van der Waals surface area contributed by atoms with E-state index in [1.54, 1.807) is 6.08 Å². The van der Waals surface area contributed by atoms with Gasteiger partial charge in [0.1, 0.15) is 5.83 Å². The first-order chi connectivity index (χ1) is 4.20. The van der Waals surface area contributed by atoms with Crippen LogP contribution in [0.3, 0.4) is 0 Å². The Morgan fingerprint density at radius 3 is 2.78 bits per heavy atom. The summed E-state index contributed by atoms with van der Waals surface area (Å²) in [5.41, 5.74) is 1.14. The molecule has 0 spiro atoms. The molecule has 0 aromatic heterocycles. The first-order valence-corrected chi connectivity index (χ1v) is 3.30. The summed E-state index contributed by atoms with van der Waals surface area (Å²) in [7, 11) is 0. The van der Waals surface area contributed by atoms with Crippen LogP contribution in [0.25, 0.3) is 0 Å². The standard InChI is InChI=1S/C7H8ClF/c1-5-2-3-7(9)6(8)4-5/h2-3,6H,4H2,1H3. The first kappa shape index (κ1) is 6.81. The molecule has 0 bridgehead atoms. The smallest absolute Gasteiger partial charge is 0.118 e. The lowest BCUT2D eigenvalue weighted by Gasteiger charge is -2.10. The average Bonchev–Trinajstić information content (AvgIpc) is 1.80. The molecule has 0 heterocycles. The van der Waals surface area contributed by atoms with Crippen LogP contribution in [0.1, 0.15) is 13.3 Å². The molecule has 1 unspecified atom stereocenters. The van der Waals surface area contributed by atoms with Crippen molar-refractivity contribution >= 4 is 11.6 Å². The van der Waals surface area contributed by atoms with Crippen molar-refractivity contribution in [3.63, 3.8) is 0 Å². The van der Waals surface area contributed by atoms with Gasteiger partial charge in [-0.15, -0.1) is 11.6 Å². The highest BCUT2D eigenvalue weighted by molar-refractivity contribution is 6.22. The molecule has 0 saturated carbocycles. The molecule has 50 valence electrons. The Balaban J connectivity index is 2.74. The Hall–Kier alpha value is -0.300. The van der Waals surface area contributed by atoms with Gasteiger partial charge in [0.2, 0.25) is 0 Å². The third kappa shape index (κ3) is 1.55. The lowest BCUT2D eigenvalue weighted by Crippen LogP contribution is -2.02. The Morgan fingerprint density at radius 2 is 2.33 bits per heavy atom. The van der Waals surface area contributed by atoms with Gasteiger partial charge in [0.05, 0.1) is 5.38 Å². The van der Waals surface area contributed by atoms with Crippen molar-refractivity contribution < 1.29 is 4.39 Å². The number of hydrogen-bond acceptors (Lipinski definition) is 0. The Morgan fingerprint density at radius 1 is 1.67 bits per heavy atom. The molecule has 9 heavy (non-hydrogen) atoms. The summed E-state index contributed by atoms with van der Waals surface area (Å²) in [6.45, 7) is 1.94. The van der Waals surface area contributed by atoms with Gasteiger partial charge in [0.15, 0.2) is 0 Å². The predicted molar refractivity (Wildman–Crippen MR) is 37.2 cm³/mol. The maximum Gasteiger partial charge on any atom is 0.118 e. The fraction of sp³-hybridized carbons (Fsp3) is 0.429. The minimum absolute atomic E-state index is 0.220. The topological polar surface area (TPSA) is 0 Å². The quantitative estimate of drug-likeness (QED) is 0.461. The molecule has 1 rings (SSSR count). The van der Waals surface area contributed by atoms with Gasteiger partial charge < -0.3 is 0 Å². The summed E-state index contributed by atoms with van der Waals surface area (Å²) in [5, 5.41) is -0.421.